The average Bonchev–Trinajstić information content (AvgIpc) is 2.46. The lowest BCUT2D eigenvalue weighted by Crippen LogP contribution is -2.46. The van der Waals surface area contributed by atoms with Gasteiger partial charge in [0.05, 0.1) is 13.2 Å². The first kappa shape index (κ1) is 17.5. The van der Waals surface area contributed by atoms with Crippen molar-refractivity contribution >= 4 is 5.97 Å². The topological polar surface area (TPSA) is 81.8 Å². The number of benzene rings is 1. The molecule has 3 N–H and O–H groups in total. The Morgan fingerprint density at radius 3 is 2.76 bits per heavy atom. The molecule has 0 fully saturated rings. The Hall–Kier alpha value is -1.59. The highest BCUT2D eigenvalue weighted by molar-refractivity contribution is 5.79. The van der Waals surface area contributed by atoms with Gasteiger partial charge in [-0.05, 0) is 44.7 Å². The number of carbonyl (C=O) groups excluding carboxylic acids is 1. The number of para-hydroxylation sites is 1. The van der Waals surface area contributed by atoms with E-state index in [1.165, 1.54) is 0 Å². The third kappa shape index (κ3) is 5.73. The van der Waals surface area contributed by atoms with Gasteiger partial charge in [0.2, 0.25) is 0 Å². The van der Waals surface area contributed by atoms with Crippen LogP contribution >= 0.6 is 0 Å². The Balaban J connectivity index is 2.42. The largest absolute Gasteiger partial charge is 0.493 e. The zero-order chi connectivity index (χ0) is 15.7. The van der Waals surface area contributed by atoms with Gasteiger partial charge in [0.1, 0.15) is 11.3 Å². The minimum absolute atomic E-state index is 0.0874. The van der Waals surface area contributed by atoms with Gasteiger partial charge in [-0.25, -0.2) is 0 Å². The van der Waals surface area contributed by atoms with Gasteiger partial charge in [0.25, 0.3) is 0 Å². The van der Waals surface area contributed by atoms with Gasteiger partial charge in [-0.3, -0.25) is 4.79 Å². The van der Waals surface area contributed by atoms with E-state index in [2.05, 4.69) is 0 Å². The van der Waals surface area contributed by atoms with E-state index in [0.717, 1.165) is 11.3 Å². The van der Waals surface area contributed by atoms with Crippen LogP contribution in [0.1, 0.15) is 32.3 Å². The molecule has 0 aliphatic heterocycles. The molecule has 1 aromatic rings. The van der Waals surface area contributed by atoms with E-state index >= 15 is 0 Å². The van der Waals surface area contributed by atoms with Crippen LogP contribution < -0.4 is 10.5 Å². The first-order chi connectivity index (χ1) is 10.0. The molecule has 1 rings (SSSR count). The second-order valence-electron chi connectivity index (χ2n) is 5.17. The molecule has 0 radical (unpaired) electrons. The molecule has 21 heavy (non-hydrogen) atoms. The summed E-state index contributed by atoms with van der Waals surface area (Å²) in [6, 6.07) is 7.60. The third-order valence-electron chi connectivity index (χ3n) is 3.19. The Labute approximate surface area is 126 Å². The van der Waals surface area contributed by atoms with Crippen LogP contribution in [0.4, 0.5) is 0 Å². The van der Waals surface area contributed by atoms with Gasteiger partial charge in [0.15, 0.2) is 0 Å². The number of ether oxygens (including phenoxy) is 2. The fourth-order valence-corrected chi connectivity index (χ4v) is 1.99. The SMILES string of the molecule is CCOC(=O)C(C)(N)CCCOc1ccccc1CCO. The van der Waals surface area contributed by atoms with Crippen LogP contribution in [0.2, 0.25) is 0 Å². The summed E-state index contributed by atoms with van der Waals surface area (Å²) in [5.41, 5.74) is 5.93. The fraction of sp³-hybridized carbons (Fsp3) is 0.562. The first-order valence-corrected chi connectivity index (χ1v) is 7.29. The van der Waals surface area contributed by atoms with Crippen molar-refractivity contribution in [3.8, 4) is 5.75 Å². The zero-order valence-corrected chi connectivity index (χ0v) is 12.8. The molecule has 0 aliphatic rings. The quantitative estimate of drug-likeness (QED) is 0.535. The standard InChI is InChI=1S/C16H25NO4/c1-3-20-15(19)16(2,17)10-6-12-21-14-8-5-4-7-13(14)9-11-18/h4-5,7-8,18H,3,6,9-12,17H2,1-2H3. The van der Waals surface area contributed by atoms with Crippen molar-refractivity contribution in [2.45, 2.75) is 38.6 Å². The van der Waals surface area contributed by atoms with E-state index < -0.39 is 5.54 Å². The highest BCUT2D eigenvalue weighted by Crippen LogP contribution is 2.19. The molecule has 0 aromatic heterocycles. The molecule has 0 bridgehead atoms. The van der Waals surface area contributed by atoms with Crippen LogP contribution in [0.3, 0.4) is 0 Å². The van der Waals surface area contributed by atoms with Crippen LogP contribution in [0, 0.1) is 0 Å². The molecule has 0 saturated heterocycles. The summed E-state index contributed by atoms with van der Waals surface area (Å²) >= 11 is 0. The molecule has 0 spiro atoms. The van der Waals surface area contributed by atoms with E-state index in [4.69, 9.17) is 20.3 Å². The zero-order valence-electron chi connectivity index (χ0n) is 12.8. The van der Waals surface area contributed by atoms with Crippen LogP contribution in [-0.4, -0.2) is 36.4 Å². The number of carbonyl (C=O) groups is 1. The van der Waals surface area contributed by atoms with Gasteiger partial charge >= 0.3 is 5.97 Å². The Morgan fingerprint density at radius 1 is 1.38 bits per heavy atom. The normalized spacial score (nSPS) is 13.5. The molecule has 0 heterocycles. The summed E-state index contributed by atoms with van der Waals surface area (Å²) in [5, 5.41) is 9.01. The van der Waals surface area contributed by atoms with Gasteiger partial charge in [-0.15, -0.1) is 0 Å². The van der Waals surface area contributed by atoms with E-state index in [-0.39, 0.29) is 12.6 Å². The molecular formula is C16H25NO4. The summed E-state index contributed by atoms with van der Waals surface area (Å²) in [7, 11) is 0. The second kappa shape index (κ2) is 8.64. The Kier molecular flexibility index (Phi) is 7.19. The fourth-order valence-electron chi connectivity index (χ4n) is 1.99. The molecule has 0 saturated carbocycles. The number of hydrogen-bond donors (Lipinski definition) is 2. The average molecular weight is 295 g/mol. The molecule has 5 nitrogen and oxygen atoms in total. The summed E-state index contributed by atoms with van der Waals surface area (Å²) < 4.78 is 10.6. The predicted molar refractivity (Wildman–Crippen MR) is 81.2 cm³/mol. The van der Waals surface area contributed by atoms with Gasteiger partial charge < -0.3 is 20.3 Å². The van der Waals surface area contributed by atoms with Crippen LogP contribution in [0.5, 0.6) is 5.75 Å². The van der Waals surface area contributed by atoms with E-state index in [1.54, 1.807) is 13.8 Å². The van der Waals surface area contributed by atoms with Crippen molar-refractivity contribution < 1.29 is 19.4 Å². The lowest BCUT2D eigenvalue weighted by Gasteiger charge is -2.22. The van der Waals surface area contributed by atoms with Crippen molar-refractivity contribution in [2.75, 3.05) is 19.8 Å². The monoisotopic (exact) mass is 295 g/mol. The van der Waals surface area contributed by atoms with Gasteiger partial charge in [0, 0.05) is 6.61 Å². The molecule has 1 atom stereocenters. The van der Waals surface area contributed by atoms with Crippen molar-refractivity contribution in [2.24, 2.45) is 5.73 Å². The number of rotatable bonds is 9. The van der Waals surface area contributed by atoms with Gasteiger partial charge in [-0.2, -0.15) is 0 Å². The minimum Gasteiger partial charge on any atom is -0.493 e. The second-order valence-corrected chi connectivity index (χ2v) is 5.17. The van der Waals surface area contributed by atoms with Crippen molar-refractivity contribution in [1.29, 1.82) is 0 Å². The first-order valence-electron chi connectivity index (χ1n) is 7.29. The Morgan fingerprint density at radius 2 is 2.10 bits per heavy atom. The predicted octanol–water partition coefficient (Wildman–Crippen LogP) is 1.66. The lowest BCUT2D eigenvalue weighted by molar-refractivity contribution is -0.149. The summed E-state index contributed by atoms with van der Waals surface area (Å²) in [5.74, 6) is 0.382. The van der Waals surface area contributed by atoms with Gasteiger partial charge in [-0.1, -0.05) is 18.2 Å². The summed E-state index contributed by atoms with van der Waals surface area (Å²) in [4.78, 5) is 11.7. The highest BCUT2D eigenvalue weighted by atomic mass is 16.5. The molecule has 5 heteroatoms. The summed E-state index contributed by atoms with van der Waals surface area (Å²) in [6.45, 7) is 4.31. The maximum absolute atomic E-state index is 11.7. The molecular weight excluding hydrogens is 270 g/mol. The minimum atomic E-state index is -0.982. The lowest BCUT2D eigenvalue weighted by atomic mass is 9.98. The van der Waals surface area contributed by atoms with E-state index in [9.17, 15) is 4.79 Å². The number of aliphatic hydroxyl groups excluding tert-OH is 1. The van der Waals surface area contributed by atoms with Crippen LogP contribution in [0.15, 0.2) is 24.3 Å². The molecule has 1 aromatic carbocycles. The number of hydrogen-bond acceptors (Lipinski definition) is 5. The number of aliphatic hydroxyl groups is 1. The summed E-state index contributed by atoms with van der Waals surface area (Å²) in [6.07, 6.45) is 1.71. The maximum atomic E-state index is 11.7. The number of nitrogens with two attached hydrogens (primary N) is 1. The highest BCUT2D eigenvalue weighted by Gasteiger charge is 2.29. The van der Waals surface area contributed by atoms with Crippen LogP contribution in [-0.2, 0) is 16.0 Å². The molecule has 1 unspecified atom stereocenters. The van der Waals surface area contributed by atoms with Crippen molar-refractivity contribution in [3.05, 3.63) is 29.8 Å². The van der Waals surface area contributed by atoms with Crippen LogP contribution in [0.25, 0.3) is 0 Å². The Bertz CT molecular complexity index is 446. The maximum Gasteiger partial charge on any atom is 0.325 e. The van der Waals surface area contributed by atoms with E-state index in [1.807, 2.05) is 24.3 Å². The molecule has 0 aliphatic carbocycles. The van der Waals surface area contributed by atoms with Crippen molar-refractivity contribution in [1.82, 2.24) is 0 Å². The third-order valence-corrected chi connectivity index (χ3v) is 3.19. The van der Waals surface area contributed by atoms with Crippen molar-refractivity contribution in [3.63, 3.8) is 0 Å². The molecule has 118 valence electrons. The number of esters is 1. The smallest absolute Gasteiger partial charge is 0.325 e. The molecule has 0 amide bonds. The van der Waals surface area contributed by atoms with E-state index in [0.29, 0.717) is 32.5 Å².